The van der Waals surface area contributed by atoms with Crippen LogP contribution in [0.2, 0.25) is 0 Å². The molecule has 0 spiro atoms. The van der Waals surface area contributed by atoms with Gasteiger partial charge in [0.05, 0.1) is 0 Å². The zero-order chi connectivity index (χ0) is 21.0. The SMILES string of the molecule is CC1(C)C(N2CCN(c3ncccc3O)CC2)C(C)(C)C1(O)c1ccc(O)cc1. The number of aromatic hydroxyl groups is 2. The van der Waals surface area contributed by atoms with Crippen LogP contribution in [-0.2, 0) is 5.60 Å². The van der Waals surface area contributed by atoms with Gasteiger partial charge in [-0.05, 0) is 29.8 Å². The lowest BCUT2D eigenvalue weighted by Crippen LogP contribution is -2.79. The normalized spacial score (nSPS) is 28.7. The molecule has 3 N–H and O–H groups in total. The van der Waals surface area contributed by atoms with Crippen LogP contribution in [0.1, 0.15) is 33.3 Å². The molecular weight excluding hydrogens is 366 g/mol. The molecule has 1 aromatic heterocycles. The van der Waals surface area contributed by atoms with Crippen LogP contribution in [0.4, 0.5) is 5.82 Å². The van der Waals surface area contributed by atoms with Crippen LogP contribution in [0.15, 0.2) is 42.6 Å². The Labute approximate surface area is 172 Å². The lowest BCUT2D eigenvalue weighted by molar-refractivity contribution is -0.307. The Hall–Kier alpha value is -2.31. The largest absolute Gasteiger partial charge is 0.508 e. The predicted molar refractivity (Wildman–Crippen MR) is 113 cm³/mol. The molecule has 1 aliphatic heterocycles. The molecule has 0 bridgehead atoms. The van der Waals surface area contributed by atoms with Crippen LogP contribution < -0.4 is 4.90 Å². The molecule has 1 aromatic carbocycles. The molecule has 6 heteroatoms. The maximum Gasteiger partial charge on any atom is 0.171 e. The second-order valence-electron chi connectivity index (χ2n) is 9.47. The predicted octanol–water partition coefficient (Wildman–Crippen LogP) is 2.94. The topological polar surface area (TPSA) is 80.1 Å². The molecule has 2 heterocycles. The van der Waals surface area contributed by atoms with Gasteiger partial charge >= 0.3 is 0 Å². The van der Waals surface area contributed by atoms with Gasteiger partial charge in [-0.1, -0.05) is 39.8 Å². The van der Waals surface area contributed by atoms with E-state index in [1.165, 1.54) is 0 Å². The summed E-state index contributed by atoms with van der Waals surface area (Å²) in [7, 11) is 0. The summed E-state index contributed by atoms with van der Waals surface area (Å²) in [5.74, 6) is 1.06. The van der Waals surface area contributed by atoms with E-state index in [0.717, 1.165) is 31.7 Å². The van der Waals surface area contributed by atoms with Crippen LogP contribution in [0.5, 0.6) is 11.5 Å². The van der Waals surface area contributed by atoms with Gasteiger partial charge in [0.2, 0.25) is 0 Å². The molecular formula is C23H31N3O3. The number of piperazine rings is 1. The third kappa shape index (κ3) is 2.73. The van der Waals surface area contributed by atoms with E-state index in [4.69, 9.17) is 0 Å². The average molecular weight is 398 g/mol. The van der Waals surface area contributed by atoms with Gasteiger partial charge in [-0.2, -0.15) is 0 Å². The third-order valence-electron chi connectivity index (χ3n) is 7.26. The monoisotopic (exact) mass is 397 g/mol. The maximum atomic E-state index is 11.8. The zero-order valence-electron chi connectivity index (χ0n) is 17.6. The fourth-order valence-electron chi connectivity index (χ4n) is 6.23. The van der Waals surface area contributed by atoms with Crippen LogP contribution in [-0.4, -0.2) is 57.4 Å². The number of hydrogen-bond acceptors (Lipinski definition) is 6. The van der Waals surface area contributed by atoms with Crippen molar-refractivity contribution in [1.82, 2.24) is 9.88 Å². The first kappa shape index (κ1) is 20.0. The van der Waals surface area contributed by atoms with Crippen molar-refractivity contribution in [3.63, 3.8) is 0 Å². The molecule has 0 radical (unpaired) electrons. The van der Waals surface area contributed by atoms with E-state index in [1.54, 1.807) is 30.5 Å². The Morgan fingerprint density at radius 3 is 2.03 bits per heavy atom. The molecule has 156 valence electrons. The van der Waals surface area contributed by atoms with E-state index in [9.17, 15) is 15.3 Å². The molecule has 6 nitrogen and oxygen atoms in total. The van der Waals surface area contributed by atoms with Crippen LogP contribution in [0, 0.1) is 10.8 Å². The van der Waals surface area contributed by atoms with E-state index < -0.39 is 5.60 Å². The van der Waals surface area contributed by atoms with Crippen molar-refractivity contribution in [2.75, 3.05) is 31.1 Å². The van der Waals surface area contributed by atoms with E-state index in [0.29, 0.717) is 5.82 Å². The number of phenolic OH excluding ortho intramolecular Hbond substituents is 1. The Morgan fingerprint density at radius 1 is 0.897 bits per heavy atom. The Kier molecular flexibility index (Phi) is 4.55. The number of anilines is 1. The van der Waals surface area contributed by atoms with Gasteiger partial charge in [0, 0.05) is 49.2 Å². The first-order chi connectivity index (χ1) is 13.6. The molecule has 2 aliphatic rings. The molecule has 0 atom stereocenters. The lowest BCUT2D eigenvalue weighted by atomic mass is 9.39. The first-order valence-electron chi connectivity index (χ1n) is 10.3. The fourth-order valence-corrected chi connectivity index (χ4v) is 6.23. The molecule has 2 aromatic rings. The number of hydrogen-bond donors (Lipinski definition) is 3. The van der Waals surface area contributed by atoms with Crippen molar-refractivity contribution in [3.05, 3.63) is 48.2 Å². The quantitative estimate of drug-likeness (QED) is 0.739. The molecule has 1 aliphatic carbocycles. The number of aromatic nitrogens is 1. The van der Waals surface area contributed by atoms with Crippen molar-refractivity contribution in [1.29, 1.82) is 0 Å². The van der Waals surface area contributed by atoms with Gasteiger partial charge in [-0.15, -0.1) is 0 Å². The number of rotatable bonds is 3. The number of nitrogens with zero attached hydrogens (tertiary/aromatic N) is 3. The van der Waals surface area contributed by atoms with Crippen molar-refractivity contribution >= 4 is 5.82 Å². The average Bonchev–Trinajstić information content (AvgIpc) is 2.68. The molecule has 2 fully saturated rings. The highest BCUT2D eigenvalue weighted by Crippen LogP contribution is 2.68. The van der Waals surface area contributed by atoms with Gasteiger partial charge in [-0.25, -0.2) is 4.98 Å². The molecule has 1 saturated heterocycles. The Morgan fingerprint density at radius 2 is 1.48 bits per heavy atom. The van der Waals surface area contributed by atoms with E-state index in [-0.39, 0.29) is 28.4 Å². The van der Waals surface area contributed by atoms with Crippen molar-refractivity contribution < 1.29 is 15.3 Å². The summed E-state index contributed by atoms with van der Waals surface area (Å²) in [6, 6.07) is 10.6. The molecule has 1 saturated carbocycles. The summed E-state index contributed by atoms with van der Waals surface area (Å²) in [4.78, 5) is 8.92. The van der Waals surface area contributed by atoms with E-state index >= 15 is 0 Å². The Bertz CT molecular complexity index is 870. The van der Waals surface area contributed by atoms with Crippen LogP contribution >= 0.6 is 0 Å². The Balaban J connectivity index is 1.54. The summed E-state index contributed by atoms with van der Waals surface area (Å²) in [6.07, 6.45) is 1.71. The zero-order valence-corrected chi connectivity index (χ0v) is 17.6. The molecule has 0 amide bonds. The highest BCUT2D eigenvalue weighted by Gasteiger charge is 2.73. The minimum absolute atomic E-state index is 0.202. The summed E-state index contributed by atoms with van der Waals surface area (Å²) in [5, 5.41) is 31.6. The van der Waals surface area contributed by atoms with Gasteiger partial charge in [-0.3, -0.25) is 4.90 Å². The van der Waals surface area contributed by atoms with E-state index in [2.05, 4.69) is 42.5 Å². The van der Waals surface area contributed by atoms with Crippen LogP contribution in [0.3, 0.4) is 0 Å². The third-order valence-corrected chi connectivity index (χ3v) is 7.26. The maximum absolute atomic E-state index is 11.8. The molecule has 4 rings (SSSR count). The summed E-state index contributed by atoms with van der Waals surface area (Å²) < 4.78 is 0. The minimum Gasteiger partial charge on any atom is -0.508 e. The number of benzene rings is 1. The highest BCUT2D eigenvalue weighted by molar-refractivity contribution is 5.51. The highest BCUT2D eigenvalue weighted by atomic mass is 16.3. The number of aliphatic hydroxyl groups is 1. The summed E-state index contributed by atoms with van der Waals surface area (Å²) >= 11 is 0. The lowest BCUT2D eigenvalue weighted by Gasteiger charge is -2.72. The standard InChI is InChI=1S/C23H31N3O3/c1-21(2)20(22(3,4)23(21,29)16-7-9-17(27)10-8-16)26-14-12-25(13-15-26)19-18(28)6-5-11-24-19/h5-11,20,27-29H,12-15H2,1-4H3. The minimum atomic E-state index is -0.991. The smallest absolute Gasteiger partial charge is 0.171 e. The van der Waals surface area contributed by atoms with Gasteiger partial charge in [0.1, 0.15) is 11.4 Å². The van der Waals surface area contributed by atoms with Crippen molar-refractivity contribution in [2.45, 2.75) is 39.3 Å². The second-order valence-corrected chi connectivity index (χ2v) is 9.47. The van der Waals surface area contributed by atoms with Crippen LogP contribution in [0.25, 0.3) is 0 Å². The van der Waals surface area contributed by atoms with Crippen molar-refractivity contribution in [2.24, 2.45) is 10.8 Å². The van der Waals surface area contributed by atoms with E-state index in [1.807, 2.05) is 12.1 Å². The molecule has 29 heavy (non-hydrogen) atoms. The fraction of sp³-hybridized carbons (Fsp3) is 0.522. The number of phenols is 1. The summed E-state index contributed by atoms with van der Waals surface area (Å²) in [6.45, 7) is 11.8. The molecule has 0 unspecified atom stereocenters. The first-order valence-corrected chi connectivity index (χ1v) is 10.3. The second kappa shape index (κ2) is 6.61. The van der Waals surface area contributed by atoms with Gasteiger partial charge in [0.15, 0.2) is 11.6 Å². The van der Waals surface area contributed by atoms with Gasteiger partial charge < -0.3 is 20.2 Å². The van der Waals surface area contributed by atoms with Crippen molar-refractivity contribution in [3.8, 4) is 11.5 Å². The summed E-state index contributed by atoms with van der Waals surface area (Å²) in [5.41, 5.74) is -0.862. The number of pyridine rings is 1. The van der Waals surface area contributed by atoms with Gasteiger partial charge in [0.25, 0.3) is 0 Å².